The Morgan fingerprint density at radius 1 is 1.26 bits per heavy atom. The summed E-state index contributed by atoms with van der Waals surface area (Å²) in [6, 6.07) is 5.04. The second kappa shape index (κ2) is 11.7. The second-order valence-electron chi connectivity index (χ2n) is 11.1. The van der Waals surface area contributed by atoms with Crippen molar-refractivity contribution in [3.05, 3.63) is 47.3 Å². The Hall–Kier alpha value is -3.96. The van der Waals surface area contributed by atoms with Crippen molar-refractivity contribution in [2.24, 2.45) is 0 Å². The van der Waals surface area contributed by atoms with Crippen LogP contribution in [-0.2, 0) is 4.79 Å². The van der Waals surface area contributed by atoms with Crippen LogP contribution in [0.2, 0.25) is 5.02 Å². The van der Waals surface area contributed by atoms with Gasteiger partial charge < -0.3 is 30.3 Å². The number of amides is 1. The van der Waals surface area contributed by atoms with E-state index in [1.54, 1.807) is 17.0 Å². The number of fused-ring (bicyclic) bond motifs is 2. The average molecular weight is 595 g/mol. The van der Waals surface area contributed by atoms with E-state index in [1.165, 1.54) is 6.08 Å². The number of nitrogens with two attached hydrogens (primary N) is 1. The van der Waals surface area contributed by atoms with E-state index in [0.29, 0.717) is 53.3 Å². The van der Waals surface area contributed by atoms with Crippen LogP contribution in [0.15, 0.2) is 35.4 Å². The summed E-state index contributed by atoms with van der Waals surface area (Å²) in [5.74, 6) is 0.302. The summed E-state index contributed by atoms with van der Waals surface area (Å²) in [6.45, 7) is 11.9. The minimum atomic E-state index is -0.588. The van der Waals surface area contributed by atoms with Crippen molar-refractivity contribution in [1.29, 1.82) is 0 Å². The van der Waals surface area contributed by atoms with E-state index < -0.39 is 5.82 Å². The van der Waals surface area contributed by atoms with Gasteiger partial charge in [0.05, 0.1) is 10.4 Å². The van der Waals surface area contributed by atoms with E-state index >= 15 is 4.39 Å². The Morgan fingerprint density at radius 3 is 2.74 bits per heavy atom. The van der Waals surface area contributed by atoms with Gasteiger partial charge in [0, 0.05) is 48.2 Å². The van der Waals surface area contributed by atoms with Gasteiger partial charge in [0.25, 0.3) is 0 Å². The van der Waals surface area contributed by atoms with E-state index in [4.69, 9.17) is 26.8 Å². The van der Waals surface area contributed by atoms with Gasteiger partial charge in [-0.2, -0.15) is 4.98 Å². The normalized spacial score (nSPS) is 17.4. The van der Waals surface area contributed by atoms with Crippen molar-refractivity contribution in [3.8, 4) is 11.1 Å². The van der Waals surface area contributed by atoms with Crippen molar-refractivity contribution < 1.29 is 13.7 Å². The number of anilines is 3. The fraction of sp³-hybridized carbons (Fsp3) is 0.400. The van der Waals surface area contributed by atoms with E-state index in [9.17, 15) is 4.79 Å². The van der Waals surface area contributed by atoms with Gasteiger partial charge in [-0.25, -0.2) is 9.37 Å². The number of nitrogen functional groups attached to an aromatic ring is 1. The van der Waals surface area contributed by atoms with Crippen molar-refractivity contribution in [1.82, 2.24) is 24.9 Å². The Labute approximate surface area is 249 Å². The number of piperazine rings is 1. The van der Waals surface area contributed by atoms with E-state index in [0.717, 1.165) is 18.5 Å². The molecule has 4 aromatic rings. The quantitative estimate of drug-likeness (QED) is 0.212. The second-order valence-corrected chi connectivity index (χ2v) is 11.5. The zero-order valence-corrected chi connectivity index (χ0v) is 25.3. The maximum Gasteiger partial charge on any atom is 0.246 e. The monoisotopic (exact) mass is 594 g/mol. The SMILES string of the molecule is C=CC(=O)N1C[C@H](C)N(c2nc(NCCCN(C)C)nc3c(F)c(-c4c(C)ccc5onc(N)c45)c(Cl)cc23)C[C@H]1C. The van der Waals surface area contributed by atoms with Crippen LogP contribution < -0.4 is 16.0 Å². The van der Waals surface area contributed by atoms with Gasteiger partial charge in [-0.05, 0) is 71.6 Å². The topological polar surface area (TPSA) is 117 Å². The van der Waals surface area contributed by atoms with Gasteiger partial charge in [0.1, 0.15) is 11.3 Å². The van der Waals surface area contributed by atoms with Crippen LogP contribution in [-0.4, -0.2) is 83.2 Å². The summed E-state index contributed by atoms with van der Waals surface area (Å²) in [4.78, 5) is 28.0. The lowest BCUT2D eigenvalue weighted by atomic mass is 9.94. The third kappa shape index (κ3) is 5.34. The third-order valence-electron chi connectivity index (χ3n) is 7.77. The number of carbonyl (C=O) groups excluding carboxylic acids is 1. The van der Waals surface area contributed by atoms with Gasteiger partial charge in [-0.15, -0.1) is 0 Å². The molecule has 0 spiro atoms. The predicted octanol–water partition coefficient (Wildman–Crippen LogP) is 5.10. The molecular formula is C30H36ClFN8O2. The molecule has 0 bridgehead atoms. The molecule has 3 heterocycles. The third-order valence-corrected chi connectivity index (χ3v) is 8.07. The van der Waals surface area contributed by atoms with Gasteiger partial charge in [-0.1, -0.05) is 29.4 Å². The highest BCUT2D eigenvalue weighted by Gasteiger charge is 2.34. The first-order valence-corrected chi connectivity index (χ1v) is 14.3. The average Bonchev–Trinajstić information content (AvgIpc) is 3.33. The molecule has 12 heteroatoms. The minimum Gasteiger partial charge on any atom is -0.380 e. The molecule has 0 unspecified atom stereocenters. The van der Waals surface area contributed by atoms with E-state index in [2.05, 4.69) is 31.8 Å². The lowest BCUT2D eigenvalue weighted by Crippen LogP contribution is -2.58. The smallest absolute Gasteiger partial charge is 0.246 e. The first kappa shape index (κ1) is 29.5. The summed E-state index contributed by atoms with van der Waals surface area (Å²) in [5, 5.41) is 8.33. The molecule has 5 rings (SSSR count). The molecule has 3 N–H and O–H groups in total. The molecule has 1 aliphatic rings. The summed E-state index contributed by atoms with van der Waals surface area (Å²) >= 11 is 6.88. The Bertz CT molecular complexity index is 1670. The molecule has 42 heavy (non-hydrogen) atoms. The van der Waals surface area contributed by atoms with Gasteiger partial charge >= 0.3 is 0 Å². The zero-order valence-electron chi connectivity index (χ0n) is 24.5. The number of rotatable bonds is 8. The number of hydrogen-bond acceptors (Lipinski definition) is 9. The highest BCUT2D eigenvalue weighted by atomic mass is 35.5. The Kier molecular flexibility index (Phi) is 8.25. The van der Waals surface area contributed by atoms with E-state index in [1.807, 2.05) is 40.9 Å². The molecule has 0 radical (unpaired) electrons. The lowest BCUT2D eigenvalue weighted by Gasteiger charge is -2.44. The molecule has 0 saturated carbocycles. The summed E-state index contributed by atoms with van der Waals surface area (Å²) in [6.07, 6.45) is 2.18. The number of hydrogen-bond donors (Lipinski definition) is 2. The summed E-state index contributed by atoms with van der Waals surface area (Å²) in [7, 11) is 4.02. The first-order chi connectivity index (χ1) is 20.0. The number of aromatic nitrogens is 3. The minimum absolute atomic E-state index is 0.112. The fourth-order valence-electron chi connectivity index (χ4n) is 5.63. The van der Waals surface area contributed by atoms with Crippen LogP contribution in [0.5, 0.6) is 0 Å². The van der Waals surface area contributed by atoms with Crippen LogP contribution >= 0.6 is 11.6 Å². The number of nitrogens with zero attached hydrogens (tertiary/aromatic N) is 6. The number of benzene rings is 2. The lowest BCUT2D eigenvalue weighted by molar-refractivity contribution is -0.128. The highest BCUT2D eigenvalue weighted by Crippen LogP contribution is 2.44. The number of carbonyl (C=O) groups is 1. The molecular weight excluding hydrogens is 559 g/mol. The maximum atomic E-state index is 16.8. The number of nitrogens with one attached hydrogen (secondary N) is 1. The van der Waals surface area contributed by atoms with Crippen molar-refractivity contribution in [2.45, 2.75) is 39.3 Å². The molecule has 222 valence electrons. The largest absolute Gasteiger partial charge is 0.380 e. The van der Waals surface area contributed by atoms with Gasteiger partial charge in [0.2, 0.25) is 11.9 Å². The number of halogens is 2. The molecule has 1 amide bonds. The van der Waals surface area contributed by atoms with Crippen molar-refractivity contribution in [3.63, 3.8) is 0 Å². The van der Waals surface area contributed by atoms with Crippen molar-refractivity contribution in [2.75, 3.05) is 56.2 Å². The van der Waals surface area contributed by atoms with E-state index in [-0.39, 0.29) is 39.9 Å². The van der Waals surface area contributed by atoms with Crippen LogP contribution in [0.3, 0.4) is 0 Å². The summed E-state index contributed by atoms with van der Waals surface area (Å²) < 4.78 is 22.1. The first-order valence-electron chi connectivity index (χ1n) is 13.9. The Balaban J connectivity index is 1.68. The van der Waals surface area contributed by atoms with Crippen LogP contribution in [0.4, 0.5) is 22.0 Å². The molecule has 1 aliphatic heterocycles. The molecule has 10 nitrogen and oxygen atoms in total. The highest BCUT2D eigenvalue weighted by molar-refractivity contribution is 6.35. The standard InChI is InChI=1S/C30H36ClFN8O2/c1-7-22(41)39-14-18(4)40(15-17(39)3)29-19-13-20(31)24(23-16(2)9-10-21-25(23)28(33)37-42-21)26(32)27(19)35-30(36-29)34-11-8-12-38(5)6/h7,9-10,13,17-18H,1,8,11-12,14-15H2,2-6H3,(H2,33,37)(H,34,35,36)/t17-,18+/m1/s1. The van der Waals surface area contributed by atoms with Gasteiger partial charge in [-0.3, -0.25) is 4.79 Å². The van der Waals surface area contributed by atoms with Crippen LogP contribution in [0.25, 0.3) is 33.0 Å². The van der Waals surface area contributed by atoms with Gasteiger partial charge in [0.15, 0.2) is 17.2 Å². The Morgan fingerprint density at radius 2 is 2.02 bits per heavy atom. The fourth-order valence-corrected chi connectivity index (χ4v) is 5.92. The molecule has 2 aromatic carbocycles. The molecule has 2 atom stereocenters. The molecule has 1 fully saturated rings. The summed E-state index contributed by atoms with van der Waals surface area (Å²) in [5.41, 5.74) is 8.16. The maximum absolute atomic E-state index is 16.8. The molecule has 2 aromatic heterocycles. The zero-order chi connectivity index (χ0) is 30.3. The van der Waals surface area contributed by atoms with Crippen LogP contribution in [0, 0.1) is 12.7 Å². The number of aryl methyl sites for hydroxylation is 1. The van der Waals surface area contributed by atoms with Crippen LogP contribution in [0.1, 0.15) is 25.8 Å². The predicted molar refractivity (Wildman–Crippen MR) is 166 cm³/mol. The molecule has 0 aliphatic carbocycles. The van der Waals surface area contributed by atoms with Crippen molar-refractivity contribution >= 4 is 57.0 Å². The molecule has 1 saturated heterocycles.